The summed E-state index contributed by atoms with van der Waals surface area (Å²) >= 11 is 17.7. The molecule has 0 amide bonds. The van der Waals surface area contributed by atoms with Crippen molar-refractivity contribution in [2.24, 2.45) is 5.10 Å². The van der Waals surface area contributed by atoms with Gasteiger partial charge < -0.3 is 0 Å². The van der Waals surface area contributed by atoms with Crippen molar-refractivity contribution in [2.45, 2.75) is 0 Å². The molecule has 0 aliphatic rings. The Labute approximate surface area is 129 Å². The fourth-order valence-corrected chi connectivity index (χ4v) is 2.31. The van der Waals surface area contributed by atoms with Gasteiger partial charge in [-0.3, -0.25) is 5.43 Å². The standard InChI is InChI=1S/C13H7Cl3F2N2/c14-8-4-9(15)13(10(16)5-8)20-19-6-7-1-2-11(17)12(18)3-7/h1-6,20H/b19-6-. The second-order valence-electron chi connectivity index (χ2n) is 3.79. The van der Waals surface area contributed by atoms with E-state index in [-0.39, 0.29) is 0 Å². The van der Waals surface area contributed by atoms with Gasteiger partial charge in [0, 0.05) is 5.02 Å². The molecule has 0 aliphatic heterocycles. The van der Waals surface area contributed by atoms with Crippen LogP contribution in [-0.2, 0) is 0 Å². The Morgan fingerprint density at radius 2 is 1.60 bits per heavy atom. The topological polar surface area (TPSA) is 24.4 Å². The number of hydrogen-bond donors (Lipinski definition) is 1. The van der Waals surface area contributed by atoms with E-state index in [1.54, 1.807) is 0 Å². The summed E-state index contributed by atoms with van der Waals surface area (Å²) in [6.45, 7) is 0. The van der Waals surface area contributed by atoms with Crippen molar-refractivity contribution in [3.63, 3.8) is 0 Å². The highest BCUT2D eigenvalue weighted by Gasteiger charge is 2.06. The monoisotopic (exact) mass is 334 g/mol. The molecule has 2 aromatic carbocycles. The van der Waals surface area contributed by atoms with Crippen molar-refractivity contribution in [1.82, 2.24) is 0 Å². The SMILES string of the molecule is Fc1ccc(/C=N\Nc2c(Cl)cc(Cl)cc2Cl)cc1F. The zero-order chi connectivity index (χ0) is 14.7. The maximum absolute atomic E-state index is 13.0. The maximum atomic E-state index is 13.0. The van der Waals surface area contributed by atoms with Crippen LogP contribution in [0.3, 0.4) is 0 Å². The van der Waals surface area contributed by atoms with Gasteiger partial charge in [0.15, 0.2) is 11.6 Å². The third-order valence-electron chi connectivity index (χ3n) is 2.34. The van der Waals surface area contributed by atoms with Crippen molar-refractivity contribution in [3.05, 3.63) is 62.6 Å². The fourth-order valence-electron chi connectivity index (χ4n) is 1.41. The lowest BCUT2D eigenvalue weighted by molar-refractivity contribution is 0.508. The third-order valence-corrected chi connectivity index (χ3v) is 3.15. The van der Waals surface area contributed by atoms with Gasteiger partial charge in [-0.15, -0.1) is 0 Å². The molecule has 7 heteroatoms. The van der Waals surface area contributed by atoms with Crippen LogP contribution in [0, 0.1) is 11.6 Å². The summed E-state index contributed by atoms with van der Waals surface area (Å²) in [4.78, 5) is 0. The summed E-state index contributed by atoms with van der Waals surface area (Å²) in [5.41, 5.74) is 3.38. The summed E-state index contributed by atoms with van der Waals surface area (Å²) in [6, 6.07) is 6.42. The second-order valence-corrected chi connectivity index (χ2v) is 5.04. The molecule has 0 fully saturated rings. The van der Waals surface area contributed by atoms with E-state index in [1.165, 1.54) is 24.4 Å². The largest absolute Gasteiger partial charge is 0.275 e. The summed E-state index contributed by atoms with van der Waals surface area (Å²) < 4.78 is 25.7. The van der Waals surface area contributed by atoms with Gasteiger partial charge in [-0.1, -0.05) is 40.9 Å². The normalized spacial score (nSPS) is 11.1. The van der Waals surface area contributed by atoms with Crippen LogP contribution in [0.5, 0.6) is 0 Å². The van der Waals surface area contributed by atoms with Crippen LogP contribution in [0.2, 0.25) is 15.1 Å². The summed E-state index contributed by atoms with van der Waals surface area (Å²) in [6.07, 6.45) is 1.31. The fraction of sp³-hybridized carbons (Fsp3) is 0. The van der Waals surface area contributed by atoms with Gasteiger partial charge in [-0.25, -0.2) is 8.78 Å². The minimum absolute atomic E-state index is 0.296. The Bertz CT molecular complexity index is 652. The van der Waals surface area contributed by atoms with Gasteiger partial charge in [0.25, 0.3) is 0 Å². The number of halogens is 5. The molecule has 0 heterocycles. The lowest BCUT2D eigenvalue weighted by Crippen LogP contribution is -1.94. The van der Waals surface area contributed by atoms with Gasteiger partial charge in [-0.2, -0.15) is 5.10 Å². The first-order chi connectivity index (χ1) is 9.47. The minimum Gasteiger partial charge on any atom is -0.275 e. The Morgan fingerprint density at radius 1 is 0.950 bits per heavy atom. The number of nitrogens with zero attached hydrogens (tertiary/aromatic N) is 1. The predicted octanol–water partition coefficient (Wildman–Crippen LogP) is 5.37. The van der Waals surface area contributed by atoms with E-state index >= 15 is 0 Å². The molecule has 0 saturated carbocycles. The summed E-state index contributed by atoms with van der Waals surface area (Å²) in [5.74, 6) is -1.87. The van der Waals surface area contributed by atoms with Crippen LogP contribution >= 0.6 is 34.8 Å². The molecule has 0 aromatic heterocycles. The number of rotatable bonds is 3. The molecule has 1 N–H and O–H groups in total. The van der Waals surface area contributed by atoms with Crippen molar-refractivity contribution in [2.75, 3.05) is 5.43 Å². The van der Waals surface area contributed by atoms with Crippen LogP contribution in [-0.4, -0.2) is 6.21 Å². The molecule has 20 heavy (non-hydrogen) atoms. The van der Waals surface area contributed by atoms with E-state index in [4.69, 9.17) is 34.8 Å². The first kappa shape index (κ1) is 15.0. The second kappa shape index (κ2) is 6.39. The highest BCUT2D eigenvalue weighted by atomic mass is 35.5. The highest BCUT2D eigenvalue weighted by molar-refractivity contribution is 6.41. The summed E-state index contributed by atoms with van der Waals surface area (Å²) in [5, 5.41) is 4.85. The van der Waals surface area contributed by atoms with E-state index in [2.05, 4.69) is 10.5 Å². The molecule has 0 aliphatic carbocycles. The van der Waals surface area contributed by atoms with Crippen LogP contribution in [0.4, 0.5) is 14.5 Å². The first-order valence-corrected chi connectivity index (χ1v) is 6.49. The Balaban J connectivity index is 2.16. The van der Waals surface area contributed by atoms with Crippen molar-refractivity contribution in [3.8, 4) is 0 Å². The Hall–Kier alpha value is -1.36. The van der Waals surface area contributed by atoms with Crippen LogP contribution in [0.15, 0.2) is 35.4 Å². The van der Waals surface area contributed by atoms with Gasteiger partial charge in [-0.05, 0) is 29.8 Å². The van der Waals surface area contributed by atoms with Gasteiger partial charge >= 0.3 is 0 Å². The molecule has 104 valence electrons. The van der Waals surface area contributed by atoms with Crippen molar-refractivity contribution >= 4 is 46.7 Å². The Kier molecular flexibility index (Phi) is 4.81. The third kappa shape index (κ3) is 3.60. The van der Waals surface area contributed by atoms with Crippen molar-refractivity contribution in [1.29, 1.82) is 0 Å². The quantitative estimate of drug-likeness (QED) is 0.592. The van der Waals surface area contributed by atoms with E-state index < -0.39 is 11.6 Å². The zero-order valence-electron chi connectivity index (χ0n) is 9.80. The van der Waals surface area contributed by atoms with Crippen molar-refractivity contribution < 1.29 is 8.78 Å². The van der Waals surface area contributed by atoms with E-state index in [0.29, 0.717) is 26.3 Å². The number of hydrazone groups is 1. The number of anilines is 1. The molecule has 2 aromatic rings. The Morgan fingerprint density at radius 3 is 2.20 bits per heavy atom. The molecule has 2 nitrogen and oxygen atoms in total. The zero-order valence-corrected chi connectivity index (χ0v) is 12.1. The van der Waals surface area contributed by atoms with Crippen LogP contribution in [0.25, 0.3) is 0 Å². The first-order valence-electron chi connectivity index (χ1n) is 5.36. The lowest BCUT2D eigenvalue weighted by Gasteiger charge is -2.06. The molecule has 0 atom stereocenters. The van der Waals surface area contributed by atoms with Gasteiger partial charge in [0.05, 0.1) is 21.9 Å². The highest BCUT2D eigenvalue weighted by Crippen LogP contribution is 2.33. The average molecular weight is 336 g/mol. The number of nitrogens with one attached hydrogen (secondary N) is 1. The number of hydrogen-bond acceptors (Lipinski definition) is 2. The van der Waals surface area contributed by atoms with E-state index in [9.17, 15) is 8.78 Å². The molecular weight excluding hydrogens is 329 g/mol. The predicted molar refractivity (Wildman–Crippen MR) is 79.0 cm³/mol. The molecule has 0 saturated heterocycles. The molecule has 2 rings (SSSR count). The van der Waals surface area contributed by atoms with Gasteiger partial charge in [0.1, 0.15) is 0 Å². The molecule has 0 radical (unpaired) electrons. The lowest BCUT2D eigenvalue weighted by atomic mass is 10.2. The maximum Gasteiger partial charge on any atom is 0.159 e. The smallest absolute Gasteiger partial charge is 0.159 e. The van der Waals surface area contributed by atoms with Crippen LogP contribution < -0.4 is 5.43 Å². The molecule has 0 unspecified atom stereocenters. The van der Waals surface area contributed by atoms with E-state index in [0.717, 1.165) is 12.1 Å². The summed E-state index contributed by atoms with van der Waals surface area (Å²) in [7, 11) is 0. The molecule has 0 spiro atoms. The average Bonchev–Trinajstić information content (AvgIpc) is 2.36. The van der Waals surface area contributed by atoms with Gasteiger partial charge in [0.2, 0.25) is 0 Å². The molecular formula is C13H7Cl3F2N2. The van der Waals surface area contributed by atoms with E-state index in [1.807, 2.05) is 0 Å². The molecule has 0 bridgehead atoms. The van der Waals surface area contributed by atoms with Crippen LogP contribution in [0.1, 0.15) is 5.56 Å². The minimum atomic E-state index is -0.948. The number of benzene rings is 2.